The Kier molecular flexibility index (Phi) is 2.92. The van der Waals surface area contributed by atoms with Crippen molar-refractivity contribution >= 4 is 11.6 Å². The van der Waals surface area contributed by atoms with Crippen LogP contribution in [0.2, 0.25) is 0 Å². The zero-order valence-electron chi connectivity index (χ0n) is 12.1. The fourth-order valence-corrected chi connectivity index (χ4v) is 3.05. The van der Waals surface area contributed by atoms with Crippen LogP contribution in [-0.2, 0) is 0 Å². The monoisotopic (exact) mass is 278 g/mol. The molecule has 102 valence electrons. The standard InChI is InChI=1S/C22H14/c1-2-16-11-13-17(14-12-16)15-22-20-9-5-3-7-18(20)19-8-4-6-10-21(19)22/h1,3-15H. The average Bonchev–Trinajstić information content (AvgIpc) is 2.90. The smallest absolute Gasteiger partial charge is 0.0243 e. The van der Waals surface area contributed by atoms with Gasteiger partial charge in [0.1, 0.15) is 0 Å². The fraction of sp³-hybridized carbons (Fsp3) is 0. The van der Waals surface area contributed by atoms with E-state index in [4.69, 9.17) is 6.42 Å². The topological polar surface area (TPSA) is 0 Å². The molecule has 3 aromatic carbocycles. The van der Waals surface area contributed by atoms with E-state index in [0.717, 1.165) is 5.56 Å². The first-order chi connectivity index (χ1) is 10.9. The minimum absolute atomic E-state index is 0.911. The quantitative estimate of drug-likeness (QED) is 0.418. The highest BCUT2D eigenvalue weighted by atomic mass is 14.2. The highest BCUT2D eigenvalue weighted by molar-refractivity contribution is 6.06. The lowest BCUT2D eigenvalue weighted by molar-refractivity contribution is 1.60. The molecule has 4 rings (SSSR count). The van der Waals surface area contributed by atoms with Gasteiger partial charge in [0, 0.05) is 5.56 Å². The zero-order chi connectivity index (χ0) is 14.9. The summed E-state index contributed by atoms with van der Waals surface area (Å²) in [7, 11) is 0. The van der Waals surface area contributed by atoms with E-state index in [0.29, 0.717) is 0 Å². The van der Waals surface area contributed by atoms with Gasteiger partial charge >= 0.3 is 0 Å². The van der Waals surface area contributed by atoms with Crippen molar-refractivity contribution in [3.05, 3.63) is 95.1 Å². The molecule has 0 atom stereocenters. The van der Waals surface area contributed by atoms with Crippen molar-refractivity contribution in [3.8, 4) is 23.5 Å². The van der Waals surface area contributed by atoms with Crippen molar-refractivity contribution in [2.24, 2.45) is 0 Å². The van der Waals surface area contributed by atoms with Gasteiger partial charge in [-0.05, 0) is 51.6 Å². The molecule has 0 N–H and O–H groups in total. The largest absolute Gasteiger partial charge is 0.115 e. The van der Waals surface area contributed by atoms with Crippen LogP contribution in [-0.4, -0.2) is 0 Å². The summed E-state index contributed by atoms with van der Waals surface area (Å²) in [6, 6.07) is 25.3. The maximum Gasteiger partial charge on any atom is 0.0243 e. The minimum Gasteiger partial charge on any atom is -0.115 e. The Bertz CT molecular complexity index is 871. The van der Waals surface area contributed by atoms with Gasteiger partial charge in [-0.1, -0.05) is 66.6 Å². The molecule has 0 heterocycles. The molecular formula is C22H14. The molecule has 0 aromatic heterocycles. The van der Waals surface area contributed by atoms with Gasteiger partial charge in [0.25, 0.3) is 0 Å². The van der Waals surface area contributed by atoms with Crippen LogP contribution in [0.1, 0.15) is 22.3 Å². The number of rotatable bonds is 1. The highest BCUT2D eigenvalue weighted by Gasteiger charge is 2.21. The van der Waals surface area contributed by atoms with Gasteiger partial charge in [0.2, 0.25) is 0 Å². The van der Waals surface area contributed by atoms with Gasteiger partial charge in [-0.3, -0.25) is 0 Å². The molecule has 1 aliphatic carbocycles. The maximum absolute atomic E-state index is 5.42. The average molecular weight is 278 g/mol. The van der Waals surface area contributed by atoms with E-state index in [1.54, 1.807) is 0 Å². The van der Waals surface area contributed by atoms with Gasteiger partial charge < -0.3 is 0 Å². The van der Waals surface area contributed by atoms with Crippen LogP contribution in [0.25, 0.3) is 22.8 Å². The maximum atomic E-state index is 5.42. The summed E-state index contributed by atoms with van der Waals surface area (Å²) in [5, 5.41) is 0. The van der Waals surface area contributed by atoms with Gasteiger partial charge in [0.05, 0.1) is 0 Å². The molecule has 0 aliphatic heterocycles. The molecule has 0 heteroatoms. The van der Waals surface area contributed by atoms with Gasteiger partial charge in [-0.2, -0.15) is 0 Å². The lowest BCUT2D eigenvalue weighted by atomic mass is 10.0. The SMILES string of the molecule is C#Cc1ccc(C=C2c3ccccc3-c3ccccc32)cc1. The third-order valence-electron chi connectivity index (χ3n) is 4.11. The van der Waals surface area contributed by atoms with E-state index in [1.807, 2.05) is 12.1 Å². The van der Waals surface area contributed by atoms with E-state index >= 15 is 0 Å². The molecule has 0 amide bonds. The predicted molar refractivity (Wildman–Crippen MR) is 93.2 cm³/mol. The second kappa shape index (κ2) is 5.06. The summed E-state index contributed by atoms with van der Waals surface area (Å²) in [6.45, 7) is 0. The van der Waals surface area contributed by atoms with E-state index < -0.39 is 0 Å². The molecule has 0 bridgehead atoms. The molecule has 1 aliphatic rings. The molecule has 0 fully saturated rings. The Morgan fingerprint density at radius 3 is 1.64 bits per heavy atom. The summed E-state index contributed by atoms with van der Waals surface area (Å²) in [5.41, 5.74) is 8.57. The van der Waals surface area contributed by atoms with Crippen molar-refractivity contribution in [2.75, 3.05) is 0 Å². The van der Waals surface area contributed by atoms with E-state index in [1.165, 1.54) is 33.4 Å². The summed E-state index contributed by atoms with van der Waals surface area (Å²) < 4.78 is 0. The van der Waals surface area contributed by atoms with Gasteiger partial charge in [-0.15, -0.1) is 6.42 Å². The summed E-state index contributed by atoms with van der Waals surface area (Å²) in [6.07, 6.45) is 7.67. The van der Waals surface area contributed by atoms with E-state index in [9.17, 15) is 0 Å². The Hall–Kier alpha value is -3.04. The van der Waals surface area contributed by atoms with Crippen molar-refractivity contribution < 1.29 is 0 Å². The van der Waals surface area contributed by atoms with Crippen molar-refractivity contribution in [1.29, 1.82) is 0 Å². The first kappa shape index (κ1) is 12.7. The van der Waals surface area contributed by atoms with E-state index in [-0.39, 0.29) is 0 Å². The van der Waals surface area contributed by atoms with Gasteiger partial charge in [0.15, 0.2) is 0 Å². The third-order valence-corrected chi connectivity index (χ3v) is 4.11. The Morgan fingerprint density at radius 2 is 1.14 bits per heavy atom. The number of hydrogen-bond acceptors (Lipinski definition) is 0. The fourth-order valence-electron chi connectivity index (χ4n) is 3.05. The third kappa shape index (κ3) is 1.96. The van der Waals surface area contributed by atoms with Crippen molar-refractivity contribution in [1.82, 2.24) is 0 Å². The lowest BCUT2D eigenvalue weighted by Crippen LogP contribution is -1.82. The van der Waals surface area contributed by atoms with Gasteiger partial charge in [-0.25, -0.2) is 0 Å². The molecule has 3 aromatic rings. The van der Waals surface area contributed by atoms with E-state index in [2.05, 4.69) is 72.7 Å². The highest BCUT2D eigenvalue weighted by Crippen LogP contribution is 2.44. The number of terminal acetylenes is 1. The van der Waals surface area contributed by atoms with Crippen molar-refractivity contribution in [3.63, 3.8) is 0 Å². The number of hydrogen-bond donors (Lipinski definition) is 0. The van der Waals surface area contributed by atoms with Crippen LogP contribution in [0.15, 0.2) is 72.8 Å². The molecule has 0 radical (unpaired) electrons. The molecule has 0 saturated heterocycles. The first-order valence-corrected chi connectivity index (χ1v) is 7.34. The summed E-state index contributed by atoms with van der Waals surface area (Å²) in [4.78, 5) is 0. The molecule has 0 unspecified atom stereocenters. The predicted octanol–water partition coefficient (Wildman–Crippen LogP) is 5.24. The zero-order valence-corrected chi connectivity index (χ0v) is 12.1. The summed E-state index contributed by atoms with van der Waals surface area (Å²) in [5.74, 6) is 2.66. The van der Waals surface area contributed by atoms with Crippen LogP contribution in [0, 0.1) is 12.3 Å². The minimum atomic E-state index is 0.911. The second-order valence-corrected chi connectivity index (χ2v) is 5.42. The van der Waals surface area contributed by atoms with Crippen LogP contribution < -0.4 is 0 Å². The van der Waals surface area contributed by atoms with Crippen LogP contribution in [0.3, 0.4) is 0 Å². The number of fused-ring (bicyclic) bond motifs is 3. The Labute approximate surface area is 130 Å². The van der Waals surface area contributed by atoms with Crippen LogP contribution in [0.4, 0.5) is 0 Å². The Morgan fingerprint density at radius 1 is 0.636 bits per heavy atom. The molecule has 0 spiro atoms. The lowest BCUT2D eigenvalue weighted by Gasteiger charge is -2.03. The normalized spacial score (nSPS) is 11.5. The Balaban J connectivity index is 1.91. The molecule has 0 nitrogen and oxygen atoms in total. The number of benzene rings is 3. The summed E-state index contributed by atoms with van der Waals surface area (Å²) >= 11 is 0. The molecule has 0 saturated carbocycles. The molecule has 22 heavy (non-hydrogen) atoms. The van der Waals surface area contributed by atoms with Crippen LogP contribution in [0.5, 0.6) is 0 Å². The van der Waals surface area contributed by atoms with Crippen LogP contribution >= 0.6 is 0 Å². The first-order valence-electron chi connectivity index (χ1n) is 7.34. The molecular weight excluding hydrogens is 264 g/mol. The second-order valence-electron chi connectivity index (χ2n) is 5.42. The van der Waals surface area contributed by atoms with Crippen molar-refractivity contribution in [2.45, 2.75) is 0 Å².